The Hall–Kier alpha value is -3.47. The first kappa shape index (κ1) is 25.2. The highest BCUT2D eigenvalue weighted by Crippen LogP contribution is 2.31. The van der Waals surface area contributed by atoms with Crippen LogP contribution in [0.15, 0.2) is 53.6 Å². The molecule has 1 aliphatic rings. The second-order valence-corrected chi connectivity index (χ2v) is 8.06. The van der Waals surface area contributed by atoms with Gasteiger partial charge in [-0.2, -0.15) is 5.10 Å². The van der Waals surface area contributed by atoms with Gasteiger partial charge in [-0.15, -0.1) is 0 Å². The number of hydrogen-bond donors (Lipinski definition) is 3. The Kier molecular flexibility index (Phi) is 8.21. The van der Waals surface area contributed by atoms with Crippen LogP contribution < -0.4 is 21.5 Å². The van der Waals surface area contributed by atoms with E-state index in [0.717, 1.165) is 11.1 Å². The lowest BCUT2D eigenvalue weighted by Crippen LogP contribution is -2.58. The van der Waals surface area contributed by atoms with Crippen LogP contribution in [0.5, 0.6) is 5.75 Å². The fraction of sp³-hybridized carbons (Fsp3) is 0.375. The van der Waals surface area contributed by atoms with Crippen molar-refractivity contribution in [3.8, 4) is 5.75 Å². The molecule has 0 bridgehead atoms. The van der Waals surface area contributed by atoms with Gasteiger partial charge in [0.2, 0.25) is 5.91 Å². The number of benzene rings is 2. The fourth-order valence-electron chi connectivity index (χ4n) is 3.86. The van der Waals surface area contributed by atoms with Gasteiger partial charge >= 0.3 is 0 Å². The summed E-state index contributed by atoms with van der Waals surface area (Å²) in [5.41, 5.74) is 13.6. The Morgan fingerprint density at radius 1 is 1.15 bits per heavy atom. The molecule has 0 saturated heterocycles. The number of nitrogens with zero attached hydrogens (tertiary/aromatic N) is 2. The van der Waals surface area contributed by atoms with Crippen LogP contribution in [0.25, 0.3) is 0 Å². The molecule has 2 atom stereocenters. The monoisotopic (exact) mass is 469 g/mol. The van der Waals surface area contributed by atoms with Crippen LogP contribution in [-0.2, 0) is 20.8 Å². The summed E-state index contributed by atoms with van der Waals surface area (Å²) in [6.07, 6.45) is 0. The molecule has 182 valence electrons. The number of nitrogens with one attached hydrogen (secondary N) is 1. The molecule has 0 fully saturated rings. The van der Waals surface area contributed by atoms with Crippen molar-refractivity contribution in [3.05, 3.63) is 65.2 Å². The van der Waals surface area contributed by atoms with Gasteiger partial charge < -0.3 is 31.0 Å². The highest BCUT2D eigenvalue weighted by molar-refractivity contribution is 6.14. The average Bonchev–Trinajstić information content (AvgIpc) is 3.10. The van der Waals surface area contributed by atoms with Crippen LogP contribution in [0.1, 0.15) is 28.4 Å². The maximum atomic E-state index is 12.5. The lowest BCUT2D eigenvalue weighted by atomic mass is 9.86. The van der Waals surface area contributed by atoms with Crippen molar-refractivity contribution in [1.29, 1.82) is 0 Å². The fourth-order valence-corrected chi connectivity index (χ4v) is 3.86. The van der Waals surface area contributed by atoms with E-state index >= 15 is 0 Å². The standard InChI is InChI=1S/C24H31N5O5/c1-24(26)20(22(25)30)21(28-29(24)12-13-34-15-32-2)17-10-8-16(9-11-17)14-27-23(31)18-6-4-5-7-19(18)33-3/h4-11,20H,12-15,26H2,1-3H3,(H2,25,30)(H,27,31). The number of rotatable bonds is 11. The molecule has 2 aromatic carbocycles. The topological polar surface area (TPSA) is 142 Å². The van der Waals surface area contributed by atoms with Crippen molar-refractivity contribution in [2.75, 3.05) is 34.2 Å². The Morgan fingerprint density at radius 2 is 1.85 bits per heavy atom. The van der Waals surface area contributed by atoms with Crippen molar-refractivity contribution >= 4 is 17.5 Å². The summed E-state index contributed by atoms with van der Waals surface area (Å²) in [5, 5.41) is 9.10. The van der Waals surface area contributed by atoms with Crippen molar-refractivity contribution in [3.63, 3.8) is 0 Å². The first-order valence-electron chi connectivity index (χ1n) is 10.8. The summed E-state index contributed by atoms with van der Waals surface area (Å²) in [6.45, 7) is 2.89. The predicted molar refractivity (Wildman–Crippen MR) is 127 cm³/mol. The lowest BCUT2D eigenvalue weighted by Gasteiger charge is -2.33. The van der Waals surface area contributed by atoms with Gasteiger partial charge in [0.05, 0.1) is 31.5 Å². The minimum absolute atomic E-state index is 0.153. The van der Waals surface area contributed by atoms with Gasteiger partial charge in [-0.25, -0.2) is 0 Å². The maximum absolute atomic E-state index is 12.5. The molecule has 0 aromatic heterocycles. The SMILES string of the molecule is COCOCCN1N=C(c2ccc(CNC(=O)c3ccccc3OC)cc2)C(C(N)=O)C1(C)N. The minimum atomic E-state index is -1.10. The lowest BCUT2D eigenvalue weighted by molar-refractivity contribution is -0.123. The van der Waals surface area contributed by atoms with Crippen molar-refractivity contribution in [2.45, 2.75) is 19.1 Å². The quantitative estimate of drug-likeness (QED) is 0.330. The highest BCUT2D eigenvalue weighted by Gasteiger charge is 2.48. The Labute approximate surface area is 198 Å². The number of ether oxygens (including phenoxy) is 3. The van der Waals surface area contributed by atoms with Crippen LogP contribution in [0.4, 0.5) is 0 Å². The van der Waals surface area contributed by atoms with E-state index in [9.17, 15) is 9.59 Å². The van der Waals surface area contributed by atoms with Gasteiger partial charge in [0, 0.05) is 13.7 Å². The highest BCUT2D eigenvalue weighted by atomic mass is 16.7. The largest absolute Gasteiger partial charge is 0.496 e. The van der Waals surface area contributed by atoms with E-state index in [0.29, 0.717) is 36.7 Å². The van der Waals surface area contributed by atoms with E-state index in [-0.39, 0.29) is 12.7 Å². The predicted octanol–water partition coefficient (Wildman–Crippen LogP) is 1.04. The molecule has 34 heavy (non-hydrogen) atoms. The van der Waals surface area contributed by atoms with Crippen molar-refractivity contribution in [1.82, 2.24) is 10.3 Å². The van der Waals surface area contributed by atoms with Gasteiger partial charge in [0.15, 0.2) is 0 Å². The van der Waals surface area contributed by atoms with Crippen molar-refractivity contribution < 1.29 is 23.8 Å². The van der Waals surface area contributed by atoms with Crippen LogP contribution in [0.2, 0.25) is 0 Å². The second-order valence-electron chi connectivity index (χ2n) is 8.06. The zero-order valence-electron chi connectivity index (χ0n) is 19.6. The van der Waals surface area contributed by atoms with Crippen LogP contribution in [0.3, 0.4) is 0 Å². The number of nitrogens with two attached hydrogens (primary N) is 2. The summed E-state index contributed by atoms with van der Waals surface area (Å²) in [7, 11) is 3.06. The summed E-state index contributed by atoms with van der Waals surface area (Å²) in [4.78, 5) is 24.8. The number of hydrogen-bond acceptors (Lipinski definition) is 8. The molecular formula is C24H31N5O5. The summed E-state index contributed by atoms with van der Waals surface area (Å²) >= 11 is 0. The molecule has 0 radical (unpaired) electrons. The molecular weight excluding hydrogens is 438 g/mol. The number of para-hydroxylation sites is 1. The third kappa shape index (κ3) is 5.53. The molecule has 2 aromatic rings. The Morgan fingerprint density at radius 3 is 2.50 bits per heavy atom. The molecule has 10 heteroatoms. The molecule has 1 heterocycles. The third-order valence-corrected chi connectivity index (χ3v) is 5.63. The smallest absolute Gasteiger partial charge is 0.255 e. The van der Waals surface area contributed by atoms with Crippen molar-refractivity contribution in [2.24, 2.45) is 22.5 Å². The van der Waals surface area contributed by atoms with Gasteiger partial charge in [-0.3, -0.25) is 14.6 Å². The van der Waals surface area contributed by atoms with Gasteiger partial charge in [0.25, 0.3) is 5.91 Å². The number of hydrazone groups is 1. The molecule has 0 spiro atoms. The molecule has 3 rings (SSSR count). The molecule has 0 aliphatic carbocycles. The molecule has 1 aliphatic heterocycles. The summed E-state index contributed by atoms with van der Waals surface area (Å²) in [5.74, 6) is -1.09. The first-order valence-corrected chi connectivity index (χ1v) is 10.8. The van der Waals surface area contributed by atoms with E-state index < -0.39 is 17.5 Å². The second kappa shape index (κ2) is 11.1. The van der Waals surface area contributed by atoms with Crippen LogP contribution in [-0.4, -0.2) is 62.4 Å². The van der Waals surface area contributed by atoms with E-state index in [1.807, 2.05) is 24.3 Å². The summed E-state index contributed by atoms with van der Waals surface area (Å²) in [6, 6.07) is 14.4. The molecule has 2 amide bonds. The van der Waals surface area contributed by atoms with Gasteiger partial charge in [-0.1, -0.05) is 36.4 Å². The van der Waals surface area contributed by atoms with E-state index in [1.165, 1.54) is 14.2 Å². The maximum Gasteiger partial charge on any atom is 0.255 e. The average molecular weight is 470 g/mol. The Balaban J connectivity index is 1.71. The van der Waals surface area contributed by atoms with Crippen LogP contribution in [0, 0.1) is 5.92 Å². The molecule has 5 N–H and O–H groups in total. The first-order chi connectivity index (χ1) is 16.3. The number of amides is 2. The number of carbonyl (C=O) groups excluding carboxylic acids is 2. The molecule has 0 saturated carbocycles. The molecule has 2 unspecified atom stereocenters. The van der Waals surface area contributed by atoms with E-state index in [2.05, 4.69) is 10.4 Å². The van der Waals surface area contributed by atoms with Gasteiger partial charge in [0.1, 0.15) is 24.1 Å². The van der Waals surface area contributed by atoms with E-state index in [1.54, 1.807) is 36.2 Å². The van der Waals surface area contributed by atoms with E-state index in [4.69, 9.17) is 25.7 Å². The molecule has 10 nitrogen and oxygen atoms in total. The number of carbonyl (C=O) groups is 2. The zero-order valence-corrected chi connectivity index (χ0v) is 19.6. The number of primary amides is 1. The minimum Gasteiger partial charge on any atom is -0.496 e. The number of methoxy groups -OCH3 is 2. The normalized spacial score (nSPS) is 19.6. The Bertz CT molecular complexity index is 1040. The van der Waals surface area contributed by atoms with Crippen LogP contribution >= 0.6 is 0 Å². The van der Waals surface area contributed by atoms with Gasteiger partial charge in [-0.05, 0) is 30.2 Å². The third-order valence-electron chi connectivity index (χ3n) is 5.63. The zero-order chi connectivity index (χ0) is 24.7. The summed E-state index contributed by atoms with van der Waals surface area (Å²) < 4.78 is 15.5.